The van der Waals surface area contributed by atoms with Crippen LogP contribution in [0.2, 0.25) is 0 Å². The van der Waals surface area contributed by atoms with E-state index in [9.17, 15) is 4.57 Å². The van der Waals surface area contributed by atoms with Gasteiger partial charge in [0.25, 0.3) is 0 Å². The van der Waals surface area contributed by atoms with E-state index < -0.39 is 14.7 Å². The first-order valence-corrected chi connectivity index (χ1v) is 8.67. The molecule has 0 saturated carbocycles. The average molecular weight is 348 g/mol. The minimum Gasteiger partial charge on any atom is -0.383 e. The van der Waals surface area contributed by atoms with Crippen LogP contribution in [0, 0.1) is 13.8 Å². The normalized spacial score (nSPS) is 14.4. The summed E-state index contributed by atoms with van der Waals surface area (Å²) in [6, 6.07) is 0. The second-order valence-corrected chi connectivity index (χ2v) is 6.72. The standard InChI is InChI=1S/C12H17N4O4PS/c1-8-11(3-4-20-21(17,18)19)22-7-16(8)6-10-5-14-9(2)15-12(10)13/h5,7H,3-4,6H2,1-2H3,(H3-,13,14,15,17,18,19)/p+1/i2D3. The first-order valence-electron chi connectivity index (χ1n) is 7.76. The second-order valence-electron chi connectivity index (χ2n) is 4.54. The van der Waals surface area contributed by atoms with Crippen molar-refractivity contribution in [1.82, 2.24) is 9.97 Å². The van der Waals surface area contributed by atoms with Crippen molar-refractivity contribution in [2.45, 2.75) is 26.7 Å². The van der Waals surface area contributed by atoms with Crippen LogP contribution >= 0.6 is 19.2 Å². The summed E-state index contributed by atoms with van der Waals surface area (Å²) in [4.78, 5) is 26.0. The molecule has 22 heavy (non-hydrogen) atoms. The summed E-state index contributed by atoms with van der Waals surface area (Å²) >= 11 is 1.42. The SMILES string of the molecule is [2H]C([2H])([2H])c1ncc(C[n+]2csc(CCOP(=O)(O)O)c2C)c(N)n1. The van der Waals surface area contributed by atoms with Crippen LogP contribution in [0.3, 0.4) is 0 Å². The highest BCUT2D eigenvalue weighted by Gasteiger charge is 2.19. The van der Waals surface area contributed by atoms with Gasteiger partial charge in [-0.1, -0.05) is 11.3 Å². The Kier molecular flexibility index (Phi) is 4.05. The van der Waals surface area contributed by atoms with Gasteiger partial charge in [-0.3, -0.25) is 4.52 Å². The molecule has 0 unspecified atom stereocenters. The van der Waals surface area contributed by atoms with Gasteiger partial charge in [0.2, 0.25) is 5.51 Å². The van der Waals surface area contributed by atoms with Gasteiger partial charge in [0.15, 0.2) is 12.2 Å². The lowest BCUT2D eigenvalue weighted by Gasteiger charge is -2.04. The molecule has 0 spiro atoms. The van der Waals surface area contributed by atoms with Crippen molar-refractivity contribution in [2.75, 3.05) is 12.3 Å². The maximum atomic E-state index is 10.7. The Morgan fingerprint density at radius 3 is 3.00 bits per heavy atom. The van der Waals surface area contributed by atoms with Gasteiger partial charge in [0.05, 0.1) is 17.0 Å². The smallest absolute Gasteiger partial charge is 0.383 e. The molecule has 0 saturated heterocycles. The molecule has 0 atom stereocenters. The Bertz CT molecular complexity index is 808. The highest BCUT2D eigenvalue weighted by Crippen LogP contribution is 2.35. The van der Waals surface area contributed by atoms with Crippen LogP contribution < -0.4 is 10.3 Å². The second kappa shape index (κ2) is 6.80. The number of phosphoric acid groups is 1. The van der Waals surface area contributed by atoms with E-state index in [0.717, 1.165) is 10.6 Å². The average Bonchev–Trinajstić information content (AvgIpc) is 2.80. The Balaban J connectivity index is 2.10. The number of hydrogen-bond acceptors (Lipinski definition) is 6. The zero-order valence-corrected chi connectivity index (χ0v) is 13.5. The summed E-state index contributed by atoms with van der Waals surface area (Å²) in [7, 11) is -4.47. The molecular weight excluding hydrogens is 327 g/mol. The molecule has 0 bridgehead atoms. The number of aromatic nitrogens is 3. The number of nitrogen functional groups attached to an aromatic ring is 1. The van der Waals surface area contributed by atoms with E-state index in [2.05, 4.69) is 14.5 Å². The Morgan fingerprint density at radius 1 is 1.59 bits per heavy atom. The third-order valence-electron chi connectivity index (χ3n) is 2.98. The van der Waals surface area contributed by atoms with E-state index in [0.29, 0.717) is 18.5 Å². The highest BCUT2D eigenvalue weighted by atomic mass is 32.1. The van der Waals surface area contributed by atoms with Crippen molar-refractivity contribution >= 4 is 25.0 Å². The van der Waals surface area contributed by atoms with E-state index in [1.54, 1.807) is 0 Å². The van der Waals surface area contributed by atoms with E-state index in [1.165, 1.54) is 17.5 Å². The summed E-state index contributed by atoms with van der Waals surface area (Å²) in [5, 5.41) is 0. The number of thiazole rings is 1. The molecular formula is C12H18N4O4PS+. The predicted octanol–water partition coefficient (Wildman–Crippen LogP) is 0.725. The summed E-state index contributed by atoms with van der Waals surface area (Å²) in [5.74, 6) is -0.193. The van der Waals surface area contributed by atoms with E-state index in [4.69, 9.17) is 19.6 Å². The van der Waals surface area contributed by atoms with Crippen molar-refractivity contribution in [1.29, 1.82) is 0 Å². The molecule has 2 heterocycles. The fraction of sp³-hybridized carbons (Fsp3) is 0.417. The molecule has 0 fully saturated rings. The number of nitrogens with two attached hydrogens (primary N) is 1. The van der Waals surface area contributed by atoms with Gasteiger partial charge in [0.1, 0.15) is 11.6 Å². The largest absolute Gasteiger partial charge is 0.469 e. The summed E-state index contributed by atoms with van der Waals surface area (Å²) < 4.78 is 38.9. The van der Waals surface area contributed by atoms with Crippen LogP contribution in [0.1, 0.15) is 26.1 Å². The molecule has 2 rings (SSSR count). The molecule has 0 radical (unpaired) electrons. The van der Waals surface area contributed by atoms with Gasteiger partial charge in [-0.15, -0.1) is 0 Å². The summed E-state index contributed by atoms with van der Waals surface area (Å²) in [5.41, 5.74) is 9.13. The van der Waals surface area contributed by atoms with E-state index in [1.807, 2.05) is 17.0 Å². The van der Waals surface area contributed by atoms with Gasteiger partial charge in [0, 0.05) is 23.7 Å². The zero-order chi connectivity index (χ0) is 18.8. The van der Waals surface area contributed by atoms with Crippen molar-refractivity contribution in [3.8, 4) is 0 Å². The van der Waals surface area contributed by atoms with Crippen LogP contribution in [0.15, 0.2) is 11.7 Å². The first kappa shape index (κ1) is 13.1. The predicted molar refractivity (Wildman–Crippen MR) is 81.2 cm³/mol. The van der Waals surface area contributed by atoms with E-state index in [-0.39, 0.29) is 18.2 Å². The molecule has 2 aromatic rings. The molecule has 8 nitrogen and oxygen atoms in total. The van der Waals surface area contributed by atoms with Crippen molar-refractivity contribution in [3.05, 3.63) is 33.7 Å². The third kappa shape index (κ3) is 4.56. The highest BCUT2D eigenvalue weighted by molar-refractivity contribution is 7.46. The monoisotopic (exact) mass is 348 g/mol. The lowest BCUT2D eigenvalue weighted by Crippen LogP contribution is -2.35. The van der Waals surface area contributed by atoms with Crippen molar-refractivity contribution in [2.24, 2.45) is 0 Å². The van der Waals surface area contributed by atoms with E-state index >= 15 is 0 Å². The molecule has 0 aliphatic rings. The Labute approximate surface area is 136 Å². The molecule has 0 aliphatic carbocycles. The molecule has 4 N–H and O–H groups in total. The number of rotatable bonds is 6. The minimum absolute atomic E-state index is 0.0931. The number of hydrogen-bond donors (Lipinski definition) is 3. The van der Waals surface area contributed by atoms with Crippen LogP contribution in [0.25, 0.3) is 0 Å². The molecule has 0 amide bonds. The van der Waals surface area contributed by atoms with Gasteiger partial charge < -0.3 is 15.5 Å². The minimum atomic E-state index is -4.47. The van der Waals surface area contributed by atoms with Crippen LogP contribution in [-0.2, 0) is 22.1 Å². The fourth-order valence-corrected chi connectivity index (χ4v) is 3.14. The first-order chi connectivity index (χ1) is 11.5. The molecule has 10 heteroatoms. The Hall–Kier alpha value is -1.38. The van der Waals surface area contributed by atoms with Gasteiger partial charge in [-0.2, -0.15) is 4.57 Å². The van der Waals surface area contributed by atoms with Crippen LogP contribution in [0.4, 0.5) is 5.82 Å². The van der Waals surface area contributed by atoms with Crippen molar-refractivity contribution < 1.29 is 27.6 Å². The van der Waals surface area contributed by atoms with Gasteiger partial charge >= 0.3 is 7.82 Å². The number of nitrogens with zero attached hydrogens (tertiary/aromatic N) is 3. The van der Waals surface area contributed by atoms with Crippen molar-refractivity contribution in [3.63, 3.8) is 0 Å². The maximum Gasteiger partial charge on any atom is 0.469 e. The van der Waals surface area contributed by atoms with Crippen LogP contribution in [0.5, 0.6) is 0 Å². The summed E-state index contributed by atoms with van der Waals surface area (Å²) in [6.45, 7) is -0.291. The number of aryl methyl sites for hydroxylation is 1. The zero-order valence-electron chi connectivity index (χ0n) is 14.8. The van der Waals surface area contributed by atoms with Gasteiger partial charge in [-0.05, 0) is 6.85 Å². The molecule has 0 aromatic carbocycles. The maximum absolute atomic E-state index is 10.7. The third-order valence-corrected chi connectivity index (χ3v) is 4.65. The topological polar surface area (TPSA) is 122 Å². The number of phosphoric ester groups is 1. The molecule has 120 valence electrons. The lowest BCUT2D eigenvalue weighted by atomic mass is 10.2. The molecule has 2 aromatic heterocycles. The number of anilines is 1. The Morgan fingerprint density at radius 2 is 2.36 bits per heavy atom. The fourth-order valence-electron chi connectivity index (χ4n) is 1.83. The lowest BCUT2D eigenvalue weighted by molar-refractivity contribution is -0.689. The molecule has 0 aliphatic heterocycles. The summed E-state index contributed by atoms with van der Waals surface area (Å²) in [6.07, 6.45) is 1.75. The van der Waals surface area contributed by atoms with Crippen LogP contribution in [-0.4, -0.2) is 26.4 Å². The quantitative estimate of drug-likeness (QED) is 0.519. The van der Waals surface area contributed by atoms with Gasteiger partial charge in [-0.25, -0.2) is 14.5 Å².